The van der Waals surface area contributed by atoms with E-state index in [9.17, 15) is 0 Å². The average molecular weight is 247 g/mol. The molecule has 1 aromatic heterocycles. The van der Waals surface area contributed by atoms with Crippen LogP contribution < -0.4 is 4.90 Å². The van der Waals surface area contributed by atoms with E-state index < -0.39 is 0 Å². The molecule has 0 spiro atoms. The highest BCUT2D eigenvalue weighted by Crippen LogP contribution is 2.24. The predicted molar refractivity (Wildman–Crippen MR) is 71.8 cm³/mol. The van der Waals surface area contributed by atoms with Gasteiger partial charge in [-0.3, -0.25) is 4.90 Å². The van der Waals surface area contributed by atoms with Crippen LogP contribution in [0, 0.1) is 0 Å². The van der Waals surface area contributed by atoms with Crippen LogP contribution in [0.2, 0.25) is 0 Å². The molecule has 0 N–H and O–H groups in total. The molecule has 1 fully saturated rings. The molecular weight excluding hydrogens is 226 g/mol. The Hall–Kier alpha value is -1.13. The Morgan fingerprint density at radius 1 is 1.28 bits per heavy atom. The number of aromatic nitrogens is 1. The number of anilines is 1. The zero-order chi connectivity index (χ0) is 12.4. The van der Waals surface area contributed by atoms with Gasteiger partial charge >= 0.3 is 0 Å². The molecule has 3 heterocycles. The molecule has 4 heteroatoms. The van der Waals surface area contributed by atoms with Gasteiger partial charge in [0, 0.05) is 57.7 Å². The standard InChI is InChI=1S/C14H21N3O/c1-16-7-8-17(13-4-9-18-10-5-13)11-12-3-2-6-15-14(12)16/h2-3,6,13H,4-5,7-11H2,1H3. The van der Waals surface area contributed by atoms with Crippen molar-refractivity contribution >= 4 is 5.82 Å². The van der Waals surface area contributed by atoms with Crippen LogP contribution in [0.3, 0.4) is 0 Å². The molecule has 98 valence electrons. The zero-order valence-corrected chi connectivity index (χ0v) is 11.0. The van der Waals surface area contributed by atoms with Gasteiger partial charge in [0.2, 0.25) is 0 Å². The van der Waals surface area contributed by atoms with Crippen LogP contribution in [0.1, 0.15) is 18.4 Å². The van der Waals surface area contributed by atoms with Crippen molar-refractivity contribution in [2.45, 2.75) is 25.4 Å². The summed E-state index contributed by atoms with van der Waals surface area (Å²) in [4.78, 5) is 9.39. The summed E-state index contributed by atoms with van der Waals surface area (Å²) in [7, 11) is 2.14. The van der Waals surface area contributed by atoms with Crippen molar-refractivity contribution in [3.63, 3.8) is 0 Å². The minimum atomic E-state index is 0.679. The highest BCUT2D eigenvalue weighted by molar-refractivity contribution is 5.46. The summed E-state index contributed by atoms with van der Waals surface area (Å²) in [5, 5.41) is 0. The van der Waals surface area contributed by atoms with Gasteiger partial charge in [-0.1, -0.05) is 6.07 Å². The maximum Gasteiger partial charge on any atom is 0.132 e. The second-order valence-electron chi connectivity index (χ2n) is 5.22. The van der Waals surface area contributed by atoms with Crippen molar-refractivity contribution in [2.24, 2.45) is 0 Å². The van der Waals surface area contributed by atoms with Crippen molar-refractivity contribution in [3.05, 3.63) is 23.9 Å². The Bertz CT molecular complexity index is 404. The molecule has 0 saturated carbocycles. The molecule has 0 aliphatic carbocycles. The second kappa shape index (κ2) is 5.24. The molecule has 1 aromatic rings. The van der Waals surface area contributed by atoms with Crippen molar-refractivity contribution in [3.8, 4) is 0 Å². The Labute approximate surface area is 109 Å². The monoisotopic (exact) mass is 247 g/mol. The Balaban J connectivity index is 1.79. The van der Waals surface area contributed by atoms with E-state index in [0.29, 0.717) is 6.04 Å². The summed E-state index contributed by atoms with van der Waals surface area (Å²) < 4.78 is 5.46. The molecule has 1 saturated heterocycles. The van der Waals surface area contributed by atoms with Crippen LogP contribution in [0.15, 0.2) is 18.3 Å². The normalized spacial score (nSPS) is 22.6. The van der Waals surface area contributed by atoms with Gasteiger partial charge < -0.3 is 9.64 Å². The molecule has 0 atom stereocenters. The minimum Gasteiger partial charge on any atom is -0.381 e. The molecule has 4 nitrogen and oxygen atoms in total. The first-order chi connectivity index (χ1) is 8.84. The highest BCUT2D eigenvalue weighted by Gasteiger charge is 2.25. The quantitative estimate of drug-likeness (QED) is 0.752. The summed E-state index contributed by atoms with van der Waals surface area (Å²) in [6.45, 7) is 5.03. The van der Waals surface area contributed by atoms with Gasteiger partial charge in [-0.2, -0.15) is 0 Å². The second-order valence-corrected chi connectivity index (χ2v) is 5.22. The van der Waals surface area contributed by atoms with Crippen molar-refractivity contribution in [2.75, 3.05) is 38.3 Å². The summed E-state index contributed by atoms with van der Waals surface area (Å²) in [6, 6.07) is 4.93. The summed E-state index contributed by atoms with van der Waals surface area (Å²) in [5.74, 6) is 1.15. The molecule has 0 radical (unpaired) electrons. The maximum atomic E-state index is 5.46. The first-order valence-corrected chi connectivity index (χ1v) is 6.81. The van der Waals surface area contributed by atoms with E-state index in [1.54, 1.807) is 0 Å². The van der Waals surface area contributed by atoms with Crippen LogP contribution in [0.25, 0.3) is 0 Å². The van der Waals surface area contributed by atoms with E-state index in [0.717, 1.165) is 38.7 Å². The Morgan fingerprint density at radius 2 is 2.11 bits per heavy atom. The first kappa shape index (κ1) is 11.9. The fraction of sp³-hybridized carbons (Fsp3) is 0.643. The smallest absolute Gasteiger partial charge is 0.132 e. The molecule has 18 heavy (non-hydrogen) atoms. The number of hydrogen-bond acceptors (Lipinski definition) is 4. The van der Waals surface area contributed by atoms with Crippen LogP contribution >= 0.6 is 0 Å². The number of ether oxygens (including phenoxy) is 1. The third-order valence-corrected chi connectivity index (χ3v) is 4.03. The van der Waals surface area contributed by atoms with Gasteiger partial charge in [0.25, 0.3) is 0 Å². The SMILES string of the molecule is CN1CCN(C2CCOCC2)Cc2cccnc21. The van der Waals surface area contributed by atoms with E-state index in [-0.39, 0.29) is 0 Å². The van der Waals surface area contributed by atoms with Crippen LogP contribution in [0.4, 0.5) is 5.82 Å². The minimum absolute atomic E-state index is 0.679. The first-order valence-electron chi connectivity index (χ1n) is 6.81. The van der Waals surface area contributed by atoms with Crippen molar-refractivity contribution < 1.29 is 4.74 Å². The lowest BCUT2D eigenvalue weighted by molar-refractivity contribution is 0.0328. The predicted octanol–water partition coefficient (Wildman–Crippen LogP) is 1.51. The fourth-order valence-electron chi connectivity index (χ4n) is 2.94. The lowest BCUT2D eigenvalue weighted by Crippen LogP contribution is -2.41. The van der Waals surface area contributed by atoms with Gasteiger partial charge in [0.1, 0.15) is 5.82 Å². The highest BCUT2D eigenvalue weighted by atomic mass is 16.5. The molecular formula is C14H21N3O. The third kappa shape index (κ3) is 2.35. The van der Waals surface area contributed by atoms with E-state index in [1.807, 2.05) is 12.3 Å². The molecule has 2 aliphatic heterocycles. The third-order valence-electron chi connectivity index (χ3n) is 4.03. The molecule has 0 unspecified atom stereocenters. The van der Waals surface area contributed by atoms with E-state index >= 15 is 0 Å². The van der Waals surface area contributed by atoms with Crippen molar-refractivity contribution in [1.82, 2.24) is 9.88 Å². The van der Waals surface area contributed by atoms with Gasteiger partial charge in [0.15, 0.2) is 0 Å². The lowest BCUT2D eigenvalue weighted by Gasteiger charge is -2.33. The topological polar surface area (TPSA) is 28.6 Å². The summed E-state index contributed by atoms with van der Waals surface area (Å²) in [5.41, 5.74) is 1.35. The largest absolute Gasteiger partial charge is 0.381 e. The number of rotatable bonds is 1. The summed E-state index contributed by atoms with van der Waals surface area (Å²) >= 11 is 0. The van der Waals surface area contributed by atoms with Gasteiger partial charge in [-0.25, -0.2) is 4.98 Å². The zero-order valence-electron chi connectivity index (χ0n) is 11.0. The van der Waals surface area contributed by atoms with Crippen LogP contribution in [-0.4, -0.2) is 49.3 Å². The number of pyridine rings is 1. The molecule has 0 bridgehead atoms. The molecule has 3 rings (SSSR count). The summed E-state index contributed by atoms with van der Waals surface area (Å²) in [6.07, 6.45) is 4.22. The number of hydrogen-bond donors (Lipinski definition) is 0. The number of likely N-dealkylation sites (N-methyl/N-ethyl adjacent to an activating group) is 1. The fourth-order valence-corrected chi connectivity index (χ4v) is 2.94. The Kier molecular flexibility index (Phi) is 3.48. The van der Waals surface area contributed by atoms with Crippen LogP contribution in [-0.2, 0) is 11.3 Å². The molecule has 0 amide bonds. The van der Waals surface area contributed by atoms with E-state index in [2.05, 4.69) is 27.9 Å². The Morgan fingerprint density at radius 3 is 2.94 bits per heavy atom. The number of fused-ring (bicyclic) bond motifs is 1. The van der Waals surface area contributed by atoms with Crippen molar-refractivity contribution in [1.29, 1.82) is 0 Å². The van der Waals surface area contributed by atoms with Crippen LogP contribution in [0.5, 0.6) is 0 Å². The van der Waals surface area contributed by atoms with Gasteiger partial charge in [0.05, 0.1) is 0 Å². The average Bonchev–Trinajstić information content (AvgIpc) is 2.60. The van der Waals surface area contributed by atoms with E-state index in [4.69, 9.17) is 4.74 Å². The van der Waals surface area contributed by atoms with E-state index in [1.165, 1.54) is 18.4 Å². The maximum absolute atomic E-state index is 5.46. The lowest BCUT2D eigenvalue weighted by atomic mass is 10.1. The van der Waals surface area contributed by atoms with Gasteiger partial charge in [-0.15, -0.1) is 0 Å². The number of nitrogens with zero attached hydrogens (tertiary/aromatic N) is 3. The molecule has 0 aromatic carbocycles. The van der Waals surface area contributed by atoms with Gasteiger partial charge in [-0.05, 0) is 18.9 Å². The molecule has 2 aliphatic rings.